The van der Waals surface area contributed by atoms with Crippen LogP contribution in [0.15, 0.2) is 11.1 Å². The second kappa shape index (κ2) is 3.66. The summed E-state index contributed by atoms with van der Waals surface area (Å²) in [7, 11) is -4.55. The zero-order valence-electron chi connectivity index (χ0n) is 6.99. The predicted octanol–water partition coefficient (Wildman–Crippen LogP) is 0.511. The number of halogens is 3. The van der Waals surface area contributed by atoms with Crippen LogP contribution in [0.2, 0.25) is 0 Å². The normalized spacial score (nSPS) is 12.1. The number of aromatic hydroxyl groups is 1. The average Bonchev–Trinajstić information content (AvgIpc) is 2.06. The van der Waals surface area contributed by atoms with Crippen molar-refractivity contribution in [2.45, 2.75) is 11.5 Å². The third-order valence-corrected chi connectivity index (χ3v) is 2.25. The van der Waals surface area contributed by atoms with Crippen LogP contribution < -0.4 is 5.14 Å². The van der Waals surface area contributed by atoms with Crippen LogP contribution in [0.5, 0.6) is 5.75 Å². The monoisotopic (exact) mass is 242 g/mol. The minimum absolute atomic E-state index is 0.231. The SMILES string of the molecule is NS(=O)(=O)c1nc(C(F)F)cc(F)c1O. The van der Waals surface area contributed by atoms with E-state index in [0.717, 1.165) is 0 Å². The van der Waals surface area contributed by atoms with Gasteiger partial charge in [0.1, 0.15) is 5.69 Å². The molecule has 0 saturated carbocycles. The van der Waals surface area contributed by atoms with Crippen LogP contribution in [-0.4, -0.2) is 18.5 Å². The number of nitrogens with two attached hydrogens (primary N) is 1. The molecule has 1 heterocycles. The van der Waals surface area contributed by atoms with E-state index in [4.69, 9.17) is 5.11 Å². The highest BCUT2D eigenvalue weighted by Gasteiger charge is 2.23. The fourth-order valence-corrected chi connectivity index (χ4v) is 1.41. The maximum Gasteiger partial charge on any atom is 0.280 e. The van der Waals surface area contributed by atoms with E-state index in [1.807, 2.05) is 0 Å². The highest BCUT2D eigenvalue weighted by molar-refractivity contribution is 7.89. The molecule has 5 nitrogen and oxygen atoms in total. The molecule has 0 saturated heterocycles. The molecule has 0 atom stereocenters. The number of hydrogen-bond donors (Lipinski definition) is 2. The van der Waals surface area contributed by atoms with E-state index in [1.54, 1.807) is 0 Å². The molecule has 0 aliphatic rings. The average molecular weight is 242 g/mol. The Morgan fingerprint density at radius 3 is 2.40 bits per heavy atom. The molecule has 84 valence electrons. The lowest BCUT2D eigenvalue weighted by atomic mass is 10.3. The van der Waals surface area contributed by atoms with Crippen LogP contribution >= 0.6 is 0 Å². The van der Waals surface area contributed by atoms with Gasteiger partial charge in [0, 0.05) is 6.07 Å². The Kier molecular flexibility index (Phi) is 2.86. The lowest BCUT2D eigenvalue weighted by molar-refractivity contribution is 0.144. The number of rotatable bonds is 2. The van der Waals surface area contributed by atoms with Gasteiger partial charge in [-0.2, -0.15) is 0 Å². The van der Waals surface area contributed by atoms with Gasteiger partial charge < -0.3 is 5.11 Å². The maximum absolute atomic E-state index is 12.8. The van der Waals surface area contributed by atoms with Gasteiger partial charge in [-0.05, 0) is 0 Å². The first-order valence-electron chi connectivity index (χ1n) is 3.44. The molecule has 0 bridgehead atoms. The molecule has 0 aliphatic carbocycles. The van der Waals surface area contributed by atoms with E-state index in [0.29, 0.717) is 0 Å². The van der Waals surface area contributed by atoms with Crippen molar-refractivity contribution in [2.75, 3.05) is 0 Å². The fraction of sp³-hybridized carbons (Fsp3) is 0.167. The minimum atomic E-state index is -4.55. The summed E-state index contributed by atoms with van der Waals surface area (Å²) in [5.41, 5.74) is -1.12. The van der Waals surface area contributed by atoms with Gasteiger partial charge in [0.15, 0.2) is 11.6 Å². The van der Waals surface area contributed by atoms with Crippen molar-refractivity contribution in [3.05, 3.63) is 17.6 Å². The smallest absolute Gasteiger partial charge is 0.280 e. The summed E-state index contributed by atoms with van der Waals surface area (Å²) in [5.74, 6) is -2.90. The summed E-state index contributed by atoms with van der Waals surface area (Å²) < 4.78 is 58.4. The van der Waals surface area contributed by atoms with Gasteiger partial charge >= 0.3 is 0 Å². The van der Waals surface area contributed by atoms with Crippen molar-refractivity contribution >= 4 is 10.0 Å². The molecule has 0 radical (unpaired) electrons. The number of aromatic nitrogens is 1. The lowest BCUT2D eigenvalue weighted by Crippen LogP contribution is -2.15. The van der Waals surface area contributed by atoms with Gasteiger partial charge in [-0.3, -0.25) is 0 Å². The molecular formula is C6H5F3N2O3S. The Hall–Kier alpha value is -1.35. The van der Waals surface area contributed by atoms with E-state index in [1.165, 1.54) is 0 Å². The van der Waals surface area contributed by atoms with Gasteiger partial charge in [0.05, 0.1) is 0 Å². The van der Waals surface area contributed by atoms with Crippen molar-refractivity contribution in [3.63, 3.8) is 0 Å². The molecule has 1 rings (SSSR count). The number of hydrogen-bond acceptors (Lipinski definition) is 4. The number of nitrogens with zero attached hydrogens (tertiary/aromatic N) is 1. The largest absolute Gasteiger partial charge is 0.503 e. The van der Waals surface area contributed by atoms with Crippen molar-refractivity contribution in [3.8, 4) is 5.75 Å². The van der Waals surface area contributed by atoms with Crippen molar-refractivity contribution in [1.82, 2.24) is 4.98 Å². The number of alkyl halides is 2. The molecule has 0 spiro atoms. The Morgan fingerprint density at radius 2 is 2.00 bits per heavy atom. The zero-order chi connectivity index (χ0) is 11.8. The van der Waals surface area contributed by atoms with Crippen LogP contribution in [0.25, 0.3) is 0 Å². The summed E-state index contributed by atoms with van der Waals surface area (Å²) in [6, 6.07) is 0.231. The molecule has 0 fully saturated rings. The van der Waals surface area contributed by atoms with E-state index in [-0.39, 0.29) is 6.07 Å². The summed E-state index contributed by atoms with van der Waals surface area (Å²) in [5, 5.41) is 12.1. The lowest BCUT2D eigenvalue weighted by Gasteiger charge is -2.05. The van der Waals surface area contributed by atoms with Crippen molar-refractivity contribution in [2.24, 2.45) is 5.14 Å². The minimum Gasteiger partial charge on any atom is -0.503 e. The summed E-state index contributed by atoms with van der Waals surface area (Å²) in [4.78, 5) is 2.85. The van der Waals surface area contributed by atoms with Gasteiger partial charge in [0.25, 0.3) is 16.4 Å². The molecule has 1 aromatic rings. The van der Waals surface area contributed by atoms with Crippen LogP contribution in [0, 0.1) is 5.82 Å². The van der Waals surface area contributed by atoms with Crippen LogP contribution in [0.3, 0.4) is 0 Å². The first kappa shape index (κ1) is 11.7. The Balaban J connectivity index is 3.52. The molecule has 3 N–H and O–H groups in total. The van der Waals surface area contributed by atoms with E-state index < -0.39 is 38.7 Å². The van der Waals surface area contributed by atoms with Gasteiger partial charge in [-0.25, -0.2) is 31.7 Å². The van der Waals surface area contributed by atoms with Gasteiger partial charge in [-0.15, -0.1) is 0 Å². The summed E-state index contributed by atoms with van der Waals surface area (Å²) >= 11 is 0. The Morgan fingerprint density at radius 1 is 1.47 bits per heavy atom. The van der Waals surface area contributed by atoms with E-state index >= 15 is 0 Å². The quantitative estimate of drug-likeness (QED) is 0.790. The Labute approximate surface area is 82.4 Å². The van der Waals surface area contributed by atoms with Crippen molar-refractivity contribution < 1.29 is 26.7 Å². The highest BCUT2D eigenvalue weighted by Crippen LogP contribution is 2.27. The fourth-order valence-electron chi connectivity index (χ4n) is 0.813. The second-order valence-corrected chi connectivity index (χ2v) is 4.01. The van der Waals surface area contributed by atoms with Crippen molar-refractivity contribution in [1.29, 1.82) is 0 Å². The molecule has 15 heavy (non-hydrogen) atoms. The molecule has 0 aliphatic heterocycles. The second-order valence-electron chi connectivity index (χ2n) is 2.53. The predicted molar refractivity (Wildman–Crippen MR) is 42.2 cm³/mol. The molecule has 9 heteroatoms. The van der Waals surface area contributed by atoms with Crippen LogP contribution in [0.4, 0.5) is 13.2 Å². The maximum atomic E-state index is 12.8. The first-order chi connectivity index (χ1) is 6.73. The standard InChI is InChI=1S/C6H5F3N2O3S/c7-2-1-3(5(8)9)11-6(4(2)12)15(10,13)14/h1,5,12H,(H2,10,13,14). The summed E-state index contributed by atoms with van der Waals surface area (Å²) in [6.45, 7) is 0. The topological polar surface area (TPSA) is 93.3 Å². The van der Waals surface area contributed by atoms with Gasteiger partial charge in [-0.1, -0.05) is 0 Å². The Bertz CT molecular complexity index is 489. The van der Waals surface area contributed by atoms with Crippen LogP contribution in [0.1, 0.15) is 12.1 Å². The van der Waals surface area contributed by atoms with E-state index in [2.05, 4.69) is 10.1 Å². The number of primary sulfonamides is 1. The third-order valence-electron chi connectivity index (χ3n) is 1.43. The first-order valence-corrected chi connectivity index (χ1v) is 4.98. The number of pyridine rings is 1. The highest BCUT2D eigenvalue weighted by atomic mass is 32.2. The number of sulfonamides is 1. The van der Waals surface area contributed by atoms with E-state index in [9.17, 15) is 21.6 Å². The molecule has 1 aromatic heterocycles. The molecule has 0 unspecified atom stereocenters. The van der Waals surface area contributed by atoms with Gasteiger partial charge in [0.2, 0.25) is 5.03 Å². The molecular weight excluding hydrogens is 237 g/mol. The van der Waals surface area contributed by atoms with Crippen LogP contribution in [-0.2, 0) is 10.0 Å². The molecule has 0 aromatic carbocycles. The third kappa shape index (κ3) is 2.36. The molecule has 0 amide bonds. The zero-order valence-corrected chi connectivity index (χ0v) is 7.80. The summed E-state index contributed by atoms with van der Waals surface area (Å²) in [6.07, 6.45) is -3.17.